The van der Waals surface area contributed by atoms with E-state index in [0.29, 0.717) is 6.54 Å². The zero-order chi connectivity index (χ0) is 12.0. The molecule has 6 nitrogen and oxygen atoms in total. The molecule has 88 valence electrons. The van der Waals surface area contributed by atoms with E-state index in [1.54, 1.807) is 25.9 Å². The van der Waals surface area contributed by atoms with Crippen molar-refractivity contribution in [2.24, 2.45) is 11.7 Å². The van der Waals surface area contributed by atoms with E-state index >= 15 is 0 Å². The lowest BCUT2D eigenvalue weighted by atomic mass is 10.1. The largest absolute Gasteiger partial charge is 0.480 e. The van der Waals surface area contributed by atoms with E-state index in [9.17, 15) is 9.59 Å². The predicted molar refractivity (Wildman–Crippen MR) is 56.3 cm³/mol. The Morgan fingerprint density at radius 1 is 1.47 bits per heavy atom. The number of amides is 1. The first kappa shape index (κ1) is 13.9. The summed E-state index contributed by atoms with van der Waals surface area (Å²) in [6.45, 7) is 2.50. The van der Waals surface area contributed by atoms with Gasteiger partial charge in [0.1, 0.15) is 6.04 Å². The maximum atomic E-state index is 11.2. The van der Waals surface area contributed by atoms with E-state index in [0.717, 1.165) is 0 Å². The summed E-state index contributed by atoms with van der Waals surface area (Å²) in [5.41, 5.74) is 5.36. The van der Waals surface area contributed by atoms with Gasteiger partial charge in [0.15, 0.2) is 0 Å². The Hall–Kier alpha value is -1.14. The lowest BCUT2D eigenvalue weighted by Gasteiger charge is -2.21. The molecule has 0 aromatic rings. The van der Waals surface area contributed by atoms with Crippen LogP contribution in [0.15, 0.2) is 0 Å². The van der Waals surface area contributed by atoms with Crippen LogP contribution in [0, 0.1) is 5.92 Å². The third-order valence-electron chi connectivity index (χ3n) is 2.11. The molecule has 15 heavy (non-hydrogen) atoms. The number of hydrogen-bond donors (Lipinski definition) is 3. The average molecular weight is 217 g/mol. The molecule has 0 aromatic carbocycles. The molecule has 0 aromatic heterocycles. The Morgan fingerprint density at radius 3 is 2.40 bits per heavy atom. The van der Waals surface area contributed by atoms with Crippen molar-refractivity contribution in [1.82, 2.24) is 10.2 Å². The minimum absolute atomic E-state index is 0.0641. The maximum Gasteiger partial charge on any atom is 0.321 e. The molecule has 0 aliphatic carbocycles. The van der Waals surface area contributed by atoms with Gasteiger partial charge in [-0.1, -0.05) is 6.92 Å². The number of carbonyl (C=O) groups is 2. The number of carboxylic acid groups (broad SMARTS) is 1. The van der Waals surface area contributed by atoms with Crippen molar-refractivity contribution >= 4 is 11.9 Å². The number of nitrogens with two attached hydrogens (primary N) is 1. The van der Waals surface area contributed by atoms with E-state index in [2.05, 4.69) is 5.32 Å². The summed E-state index contributed by atoms with van der Waals surface area (Å²) in [4.78, 5) is 23.4. The van der Waals surface area contributed by atoms with Crippen molar-refractivity contribution in [2.75, 3.05) is 27.2 Å². The highest BCUT2D eigenvalue weighted by Crippen LogP contribution is 1.98. The van der Waals surface area contributed by atoms with Gasteiger partial charge in [0.05, 0.1) is 0 Å². The second-order valence-corrected chi connectivity index (χ2v) is 3.68. The summed E-state index contributed by atoms with van der Waals surface area (Å²) in [5, 5.41) is 11.1. The van der Waals surface area contributed by atoms with E-state index in [4.69, 9.17) is 10.8 Å². The van der Waals surface area contributed by atoms with Crippen molar-refractivity contribution in [3.05, 3.63) is 0 Å². The van der Waals surface area contributed by atoms with Gasteiger partial charge in [0.2, 0.25) is 5.91 Å². The fourth-order valence-corrected chi connectivity index (χ4v) is 1.29. The summed E-state index contributed by atoms with van der Waals surface area (Å²) < 4.78 is 0. The molecular weight excluding hydrogens is 198 g/mol. The molecule has 0 rings (SSSR count). The van der Waals surface area contributed by atoms with Crippen molar-refractivity contribution in [3.63, 3.8) is 0 Å². The SMILES string of the molecule is CNC(=O)C(C)CN(C)CC(N)C(=O)O. The van der Waals surface area contributed by atoms with Crippen LogP contribution in [0.3, 0.4) is 0 Å². The van der Waals surface area contributed by atoms with Crippen LogP contribution in [0.25, 0.3) is 0 Å². The van der Waals surface area contributed by atoms with Gasteiger partial charge < -0.3 is 21.1 Å². The van der Waals surface area contributed by atoms with Crippen molar-refractivity contribution in [1.29, 1.82) is 0 Å². The molecule has 0 saturated carbocycles. The van der Waals surface area contributed by atoms with Gasteiger partial charge in [0, 0.05) is 26.1 Å². The summed E-state index contributed by atoms with van der Waals surface area (Å²) in [6, 6.07) is -0.910. The highest BCUT2D eigenvalue weighted by Gasteiger charge is 2.18. The highest BCUT2D eigenvalue weighted by atomic mass is 16.4. The number of aliphatic carboxylic acids is 1. The highest BCUT2D eigenvalue weighted by molar-refractivity contribution is 5.78. The fourth-order valence-electron chi connectivity index (χ4n) is 1.29. The number of carbonyl (C=O) groups excluding carboxylic acids is 1. The van der Waals surface area contributed by atoms with Crippen molar-refractivity contribution < 1.29 is 14.7 Å². The molecule has 0 spiro atoms. The number of likely N-dealkylation sites (N-methyl/N-ethyl adjacent to an activating group) is 1. The van der Waals surface area contributed by atoms with Crippen LogP contribution >= 0.6 is 0 Å². The molecule has 0 aliphatic heterocycles. The van der Waals surface area contributed by atoms with Gasteiger partial charge in [-0.3, -0.25) is 9.59 Å². The Kier molecular flexibility index (Phi) is 5.88. The Labute approximate surface area is 89.4 Å². The smallest absolute Gasteiger partial charge is 0.321 e. The lowest BCUT2D eigenvalue weighted by Crippen LogP contribution is -2.44. The topological polar surface area (TPSA) is 95.7 Å². The number of nitrogens with one attached hydrogen (secondary N) is 1. The van der Waals surface area contributed by atoms with Gasteiger partial charge >= 0.3 is 5.97 Å². The Morgan fingerprint density at radius 2 is 2.00 bits per heavy atom. The van der Waals surface area contributed by atoms with Crippen molar-refractivity contribution in [2.45, 2.75) is 13.0 Å². The van der Waals surface area contributed by atoms with Crippen LogP contribution in [0.2, 0.25) is 0 Å². The van der Waals surface area contributed by atoms with Gasteiger partial charge in [-0.25, -0.2) is 0 Å². The number of nitrogens with zero attached hydrogens (tertiary/aromatic N) is 1. The van der Waals surface area contributed by atoms with Crippen LogP contribution in [0.1, 0.15) is 6.92 Å². The normalized spacial score (nSPS) is 14.7. The van der Waals surface area contributed by atoms with Crippen LogP contribution in [0.4, 0.5) is 0 Å². The standard InChI is InChI=1S/C9H19N3O3/c1-6(8(13)11-2)4-12(3)5-7(10)9(14)15/h6-7H,4-5,10H2,1-3H3,(H,11,13)(H,14,15). The van der Waals surface area contributed by atoms with Crippen LogP contribution in [-0.2, 0) is 9.59 Å². The van der Waals surface area contributed by atoms with Gasteiger partial charge in [-0.2, -0.15) is 0 Å². The number of hydrogen-bond acceptors (Lipinski definition) is 4. The number of carboxylic acids is 1. The monoisotopic (exact) mass is 217 g/mol. The molecule has 2 atom stereocenters. The molecule has 0 fully saturated rings. The average Bonchev–Trinajstić information content (AvgIpc) is 2.15. The molecule has 2 unspecified atom stereocenters. The quantitative estimate of drug-likeness (QED) is 0.514. The van der Waals surface area contributed by atoms with E-state index in [1.165, 1.54) is 0 Å². The fraction of sp³-hybridized carbons (Fsp3) is 0.778. The molecule has 0 bridgehead atoms. The third-order valence-corrected chi connectivity index (χ3v) is 2.11. The van der Waals surface area contributed by atoms with E-state index < -0.39 is 12.0 Å². The van der Waals surface area contributed by atoms with Crippen LogP contribution < -0.4 is 11.1 Å². The molecule has 0 radical (unpaired) electrons. The number of rotatable bonds is 6. The lowest BCUT2D eigenvalue weighted by molar-refractivity contribution is -0.138. The molecule has 0 saturated heterocycles. The Balaban J connectivity index is 3.97. The first-order valence-corrected chi connectivity index (χ1v) is 4.77. The van der Waals surface area contributed by atoms with E-state index in [1.807, 2.05) is 0 Å². The summed E-state index contributed by atoms with van der Waals surface area (Å²) in [7, 11) is 3.31. The van der Waals surface area contributed by atoms with Gasteiger partial charge in [-0.05, 0) is 7.05 Å². The molecule has 4 N–H and O–H groups in total. The van der Waals surface area contributed by atoms with Crippen molar-refractivity contribution in [3.8, 4) is 0 Å². The molecular formula is C9H19N3O3. The van der Waals surface area contributed by atoms with Crippen LogP contribution in [0.5, 0.6) is 0 Å². The Bertz CT molecular complexity index is 233. The summed E-state index contributed by atoms with van der Waals surface area (Å²) in [6.07, 6.45) is 0. The third kappa shape index (κ3) is 5.34. The zero-order valence-electron chi connectivity index (χ0n) is 9.36. The van der Waals surface area contributed by atoms with E-state index in [-0.39, 0.29) is 18.4 Å². The predicted octanol–water partition coefficient (Wildman–Crippen LogP) is -1.29. The first-order chi connectivity index (χ1) is 6.88. The first-order valence-electron chi connectivity index (χ1n) is 4.77. The molecule has 0 aliphatic rings. The minimum Gasteiger partial charge on any atom is -0.480 e. The molecule has 0 heterocycles. The zero-order valence-corrected chi connectivity index (χ0v) is 9.36. The summed E-state index contributed by atoms with van der Waals surface area (Å²) in [5.74, 6) is -1.28. The molecule has 1 amide bonds. The van der Waals surface area contributed by atoms with Gasteiger partial charge in [-0.15, -0.1) is 0 Å². The maximum absolute atomic E-state index is 11.2. The molecule has 6 heteroatoms. The minimum atomic E-state index is -1.03. The second kappa shape index (κ2) is 6.36. The summed E-state index contributed by atoms with van der Waals surface area (Å²) >= 11 is 0. The van der Waals surface area contributed by atoms with Crippen LogP contribution in [-0.4, -0.2) is 55.1 Å². The second-order valence-electron chi connectivity index (χ2n) is 3.68. The van der Waals surface area contributed by atoms with Gasteiger partial charge in [0.25, 0.3) is 0 Å².